The quantitative estimate of drug-likeness (QED) is 0.284. The Kier molecular flexibility index (Phi) is 12.7. The Morgan fingerprint density at radius 1 is 1.21 bits per heavy atom. The van der Waals surface area contributed by atoms with Crippen molar-refractivity contribution in [2.24, 2.45) is 12.8 Å². The Labute approximate surface area is 238 Å². The average Bonchev–Trinajstić information content (AvgIpc) is 3.29. The van der Waals surface area contributed by atoms with Gasteiger partial charge in [-0.3, -0.25) is 13.8 Å². The van der Waals surface area contributed by atoms with Gasteiger partial charge in [0.2, 0.25) is 5.91 Å². The summed E-state index contributed by atoms with van der Waals surface area (Å²) in [5.41, 5.74) is 9.06. The molecule has 2 fully saturated rings. The van der Waals surface area contributed by atoms with Gasteiger partial charge in [0.25, 0.3) is 0 Å². The van der Waals surface area contributed by atoms with Gasteiger partial charge < -0.3 is 25.9 Å². The van der Waals surface area contributed by atoms with Gasteiger partial charge >= 0.3 is 0 Å². The van der Waals surface area contributed by atoms with Crippen LogP contribution in [0, 0.1) is 0 Å². The van der Waals surface area contributed by atoms with Crippen LogP contribution >= 0.6 is 11.9 Å². The normalized spacial score (nSPS) is 19.3. The molecule has 2 unspecified atom stereocenters. The van der Waals surface area contributed by atoms with Gasteiger partial charge in [0.15, 0.2) is 0 Å². The van der Waals surface area contributed by atoms with Gasteiger partial charge in [0, 0.05) is 57.3 Å². The lowest BCUT2D eigenvalue weighted by atomic mass is 9.88. The van der Waals surface area contributed by atoms with E-state index in [2.05, 4.69) is 37.8 Å². The van der Waals surface area contributed by atoms with Gasteiger partial charge in [-0.05, 0) is 62.7 Å². The zero-order chi connectivity index (χ0) is 28.4. The van der Waals surface area contributed by atoms with Crippen LogP contribution < -0.4 is 11.1 Å². The van der Waals surface area contributed by atoms with Crippen LogP contribution in [0.15, 0.2) is 18.2 Å². The first-order valence-corrected chi connectivity index (χ1v) is 15.5. The molecular weight excluding hydrogens is 512 g/mol. The predicted octanol–water partition coefficient (Wildman–Crippen LogP) is 3.02. The van der Waals surface area contributed by atoms with E-state index in [-0.39, 0.29) is 12.0 Å². The SMILES string of the molecule is CC.CNC(=O)CCC(C=O)c1nn(C)c2cc(C3CCN(CC(O)CSN4CCC(N)CC4)CC3)ccc12. The Morgan fingerprint density at radius 3 is 2.54 bits per heavy atom. The molecule has 2 aliphatic heterocycles. The largest absolute Gasteiger partial charge is 0.391 e. The Hall–Kier alpha value is -1.98. The van der Waals surface area contributed by atoms with Crippen LogP contribution in [0.2, 0.25) is 0 Å². The van der Waals surface area contributed by atoms with Crippen LogP contribution in [-0.4, -0.2) is 94.0 Å². The molecule has 3 heterocycles. The number of likely N-dealkylation sites (tertiary alicyclic amines) is 1. The van der Waals surface area contributed by atoms with Crippen molar-refractivity contribution in [1.82, 2.24) is 24.3 Å². The summed E-state index contributed by atoms with van der Waals surface area (Å²) in [7, 11) is 3.52. The molecule has 2 aliphatic rings. The van der Waals surface area contributed by atoms with E-state index in [9.17, 15) is 14.7 Å². The number of benzene rings is 1. The molecule has 1 amide bonds. The van der Waals surface area contributed by atoms with Crippen molar-refractivity contribution in [3.63, 3.8) is 0 Å². The summed E-state index contributed by atoms with van der Waals surface area (Å²) < 4.78 is 4.20. The number of fused-ring (bicyclic) bond motifs is 1. The molecule has 1 aromatic heterocycles. The molecule has 2 saturated heterocycles. The standard InChI is InChI=1S/C27H42N6O3S.C2H6/c1-29-26(36)6-4-21(17-34)27-24-5-3-20(15-25(24)31(2)30-27)19-7-11-32(12-8-19)16-23(35)18-37-33-13-9-22(28)10-14-33;1-2/h3,5,15,17,19,21-23,35H,4,6-14,16,18,28H2,1-2H3,(H,29,36);1-2H3. The van der Waals surface area contributed by atoms with Crippen molar-refractivity contribution in [3.8, 4) is 0 Å². The number of nitrogens with two attached hydrogens (primary N) is 1. The highest BCUT2D eigenvalue weighted by molar-refractivity contribution is 7.97. The maximum atomic E-state index is 11.8. The first-order valence-electron chi connectivity index (χ1n) is 14.5. The first-order chi connectivity index (χ1) is 18.9. The van der Waals surface area contributed by atoms with Crippen molar-refractivity contribution in [2.45, 2.75) is 76.4 Å². The topological polar surface area (TPSA) is 117 Å². The third kappa shape index (κ3) is 8.75. The zero-order valence-corrected chi connectivity index (χ0v) is 25.0. The van der Waals surface area contributed by atoms with Crippen LogP contribution in [0.1, 0.15) is 75.5 Å². The van der Waals surface area contributed by atoms with Crippen molar-refractivity contribution in [2.75, 3.05) is 45.5 Å². The Balaban J connectivity index is 0.00000205. The monoisotopic (exact) mass is 560 g/mol. The molecular formula is C29H48N6O3S. The number of carbonyl (C=O) groups excluding carboxylic acids is 2. The summed E-state index contributed by atoms with van der Waals surface area (Å²) >= 11 is 1.76. The minimum atomic E-state index is -0.396. The van der Waals surface area contributed by atoms with Crippen LogP contribution in [0.5, 0.6) is 0 Å². The fraction of sp³-hybridized carbons (Fsp3) is 0.690. The summed E-state index contributed by atoms with van der Waals surface area (Å²) in [5.74, 6) is 0.740. The molecule has 218 valence electrons. The lowest BCUT2D eigenvalue weighted by Crippen LogP contribution is -2.40. The van der Waals surface area contributed by atoms with Gasteiger partial charge in [-0.25, -0.2) is 0 Å². The molecule has 0 radical (unpaired) electrons. The highest BCUT2D eigenvalue weighted by atomic mass is 32.2. The highest BCUT2D eigenvalue weighted by Gasteiger charge is 2.25. The average molecular weight is 561 g/mol. The molecule has 39 heavy (non-hydrogen) atoms. The molecule has 2 atom stereocenters. The summed E-state index contributed by atoms with van der Waals surface area (Å²) in [6, 6.07) is 6.80. The van der Waals surface area contributed by atoms with Crippen molar-refractivity contribution < 1.29 is 14.7 Å². The molecule has 0 aliphatic carbocycles. The summed E-state index contributed by atoms with van der Waals surface area (Å²) in [4.78, 5) is 25.9. The lowest BCUT2D eigenvalue weighted by molar-refractivity contribution is -0.120. The fourth-order valence-electron chi connectivity index (χ4n) is 5.51. The molecule has 4 rings (SSSR count). The third-order valence-corrected chi connectivity index (χ3v) is 9.12. The van der Waals surface area contributed by atoms with E-state index in [0.717, 1.165) is 87.0 Å². The number of aliphatic hydroxyl groups excluding tert-OH is 1. The number of aromatic nitrogens is 2. The molecule has 4 N–H and O–H groups in total. The van der Waals surface area contributed by atoms with Crippen LogP contribution in [0.25, 0.3) is 10.9 Å². The number of amides is 1. The number of rotatable bonds is 11. The predicted molar refractivity (Wildman–Crippen MR) is 160 cm³/mol. The number of hydrogen-bond acceptors (Lipinski definition) is 8. The molecule has 1 aromatic carbocycles. The second-order valence-electron chi connectivity index (χ2n) is 10.5. The second kappa shape index (κ2) is 15.7. The minimum absolute atomic E-state index is 0.0702. The number of nitrogens with one attached hydrogen (secondary N) is 1. The van der Waals surface area contributed by atoms with Gasteiger partial charge in [-0.15, -0.1) is 0 Å². The number of piperidine rings is 2. The van der Waals surface area contributed by atoms with Gasteiger partial charge in [-0.1, -0.05) is 37.9 Å². The molecule has 10 heteroatoms. The highest BCUT2D eigenvalue weighted by Crippen LogP contribution is 2.33. The molecule has 0 bridgehead atoms. The van der Waals surface area contributed by atoms with E-state index < -0.39 is 5.92 Å². The maximum Gasteiger partial charge on any atom is 0.219 e. The maximum absolute atomic E-state index is 11.8. The minimum Gasteiger partial charge on any atom is -0.391 e. The smallest absolute Gasteiger partial charge is 0.219 e. The number of aldehydes is 1. The number of nitrogens with zero attached hydrogens (tertiary/aromatic N) is 4. The van der Waals surface area contributed by atoms with Gasteiger partial charge in [0.1, 0.15) is 6.29 Å². The van der Waals surface area contributed by atoms with E-state index >= 15 is 0 Å². The van der Waals surface area contributed by atoms with Crippen LogP contribution in [-0.2, 0) is 16.6 Å². The van der Waals surface area contributed by atoms with E-state index in [0.29, 0.717) is 24.8 Å². The number of hydrogen-bond donors (Lipinski definition) is 3. The van der Waals surface area contributed by atoms with Crippen molar-refractivity contribution in [1.29, 1.82) is 0 Å². The zero-order valence-electron chi connectivity index (χ0n) is 24.1. The third-order valence-electron chi connectivity index (χ3n) is 7.86. The van der Waals surface area contributed by atoms with Crippen LogP contribution in [0.4, 0.5) is 0 Å². The first kappa shape index (κ1) is 31.5. The van der Waals surface area contributed by atoms with Gasteiger partial charge in [0.05, 0.1) is 23.2 Å². The molecule has 0 saturated carbocycles. The summed E-state index contributed by atoms with van der Waals surface area (Å²) in [6.45, 7) is 8.70. The van der Waals surface area contributed by atoms with Gasteiger partial charge in [-0.2, -0.15) is 5.10 Å². The number of carbonyl (C=O) groups is 2. The summed E-state index contributed by atoms with van der Waals surface area (Å²) in [5, 5.41) is 18.8. The Bertz CT molecular complexity index is 1050. The van der Waals surface area contributed by atoms with Crippen molar-refractivity contribution in [3.05, 3.63) is 29.5 Å². The van der Waals surface area contributed by atoms with Crippen LogP contribution in [0.3, 0.4) is 0 Å². The molecule has 0 spiro atoms. The van der Waals surface area contributed by atoms with E-state index in [1.54, 1.807) is 19.0 Å². The lowest BCUT2D eigenvalue weighted by Gasteiger charge is -2.34. The second-order valence-corrected chi connectivity index (χ2v) is 11.6. The van der Waals surface area contributed by atoms with E-state index in [1.807, 2.05) is 25.6 Å². The summed E-state index contributed by atoms with van der Waals surface area (Å²) in [6.07, 6.45) is 5.53. The van der Waals surface area contributed by atoms with E-state index in [4.69, 9.17) is 5.73 Å². The number of β-amino-alcohol motifs (C(OH)–C–C–N with tert-alkyl or cyclic N) is 1. The van der Waals surface area contributed by atoms with Crippen molar-refractivity contribution >= 4 is 35.0 Å². The Morgan fingerprint density at radius 2 is 1.90 bits per heavy atom. The number of aliphatic hydroxyl groups is 1. The number of aryl methyl sites for hydroxylation is 1. The molecule has 9 nitrogen and oxygen atoms in total. The van der Waals surface area contributed by atoms with E-state index in [1.165, 1.54) is 5.56 Å². The molecule has 2 aromatic rings. The fourth-order valence-corrected chi connectivity index (χ4v) is 6.46.